The number of hydrogen-bond acceptors (Lipinski definition) is 2. The molecule has 0 aliphatic heterocycles. The molecule has 0 aliphatic carbocycles. The van der Waals surface area contributed by atoms with Gasteiger partial charge in [-0.1, -0.05) is 23.2 Å². The van der Waals surface area contributed by atoms with Crippen LogP contribution in [0.1, 0.15) is 5.56 Å². The van der Waals surface area contributed by atoms with Crippen molar-refractivity contribution in [2.45, 2.75) is 6.18 Å². The lowest BCUT2D eigenvalue weighted by atomic mass is 10.2. The average molecular weight is 322 g/mol. The van der Waals surface area contributed by atoms with Gasteiger partial charge < -0.3 is 0 Å². The van der Waals surface area contributed by atoms with Gasteiger partial charge in [0.15, 0.2) is 0 Å². The molecule has 0 saturated carbocycles. The zero-order valence-corrected chi connectivity index (χ0v) is 10.8. The minimum atomic E-state index is -4.55. The molecule has 100 valence electrons. The van der Waals surface area contributed by atoms with Gasteiger partial charge in [0, 0.05) is 0 Å². The molecule has 1 amide bonds. The van der Waals surface area contributed by atoms with Crippen LogP contribution < -0.4 is 10.9 Å². The molecular formula is C9H6Cl3F3N2O. The van der Waals surface area contributed by atoms with Gasteiger partial charge in [-0.25, -0.2) is 0 Å². The fraction of sp³-hybridized carbons (Fsp3) is 0.222. The van der Waals surface area contributed by atoms with Gasteiger partial charge in [-0.2, -0.15) is 13.2 Å². The number of hydrogen-bond donors (Lipinski definition) is 2. The Balaban J connectivity index is 2.98. The van der Waals surface area contributed by atoms with Crippen LogP contribution in [0.4, 0.5) is 18.9 Å². The van der Waals surface area contributed by atoms with Crippen molar-refractivity contribution >= 4 is 46.4 Å². The second-order valence-electron chi connectivity index (χ2n) is 3.12. The first-order chi connectivity index (χ1) is 8.25. The van der Waals surface area contributed by atoms with Crippen LogP contribution in [0.15, 0.2) is 12.1 Å². The molecule has 0 bridgehead atoms. The first-order valence-electron chi connectivity index (χ1n) is 4.42. The molecule has 2 N–H and O–H groups in total. The SMILES string of the molecule is O=C(CCl)NNc1c(Cl)cc(C(F)(F)F)cc1Cl. The molecule has 18 heavy (non-hydrogen) atoms. The fourth-order valence-electron chi connectivity index (χ4n) is 1.02. The highest BCUT2D eigenvalue weighted by Crippen LogP contribution is 2.38. The second kappa shape index (κ2) is 5.86. The van der Waals surface area contributed by atoms with Crippen molar-refractivity contribution < 1.29 is 18.0 Å². The van der Waals surface area contributed by atoms with Crippen molar-refractivity contribution in [3.63, 3.8) is 0 Å². The van der Waals surface area contributed by atoms with Crippen molar-refractivity contribution in [2.75, 3.05) is 11.3 Å². The molecule has 0 aliphatic rings. The summed E-state index contributed by atoms with van der Waals surface area (Å²) in [6.07, 6.45) is -4.55. The number of halogens is 6. The summed E-state index contributed by atoms with van der Waals surface area (Å²) < 4.78 is 37.3. The Hall–Kier alpha value is -0.850. The molecule has 0 spiro atoms. The van der Waals surface area contributed by atoms with Crippen molar-refractivity contribution in [1.82, 2.24) is 5.43 Å². The topological polar surface area (TPSA) is 41.1 Å². The number of hydrazine groups is 1. The minimum Gasteiger partial charge on any atom is -0.296 e. The van der Waals surface area contributed by atoms with E-state index in [2.05, 4.69) is 10.9 Å². The molecule has 0 radical (unpaired) electrons. The molecule has 1 aromatic carbocycles. The maximum Gasteiger partial charge on any atom is 0.416 e. The highest BCUT2D eigenvalue weighted by atomic mass is 35.5. The van der Waals surface area contributed by atoms with E-state index in [9.17, 15) is 18.0 Å². The molecule has 1 aromatic rings. The van der Waals surface area contributed by atoms with E-state index in [4.69, 9.17) is 34.8 Å². The molecule has 0 fully saturated rings. The summed E-state index contributed by atoms with van der Waals surface area (Å²) in [4.78, 5) is 10.9. The molecule has 0 aromatic heterocycles. The predicted molar refractivity (Wildman–Crippen MR) is 63.9 cm³/mol. The summed E-state index contributed by atoms with van der Waals surface area (Å²) in [5.41, 5.74) is 3.40. The van der Waals surface area contributed by atoms with Crippen molar-refractivity contribution in [1.29, 1.82) is 0 Å². The highest BCUT2D eigenvalue weighted by molar-refractivity contribution is 6.39. The van der Waals surface area contributed by atoms with Crippen LogP contribution in [0.25, 0.3) is 0 Å². The molecule has 0 saturated heterocycles. The fourth-order valence-corrected chi connectivity index (χ4v) is 1.67. The van der Waals surface area contributed by atoms with Crippen molar-refractivity contribution in [3.8, 4) is 0 Å². The summed E-state index contributed by atoms with van der Waals surface area (Å²) in [6.45, 7) is 0. The van der Waals surface area contributed by atoms with Crippen molar-refractivity contribution in [2.24, 2.45) is 0 Å². The van der Waals surface area contributed by atoms with Crippen LogP contribution in [0.3, 0.4) is 0 Å². The van der Waals surface area contributed by atoms with E-state index in [1.807, 2.05) is 0 Å². The number of amides is 1. The maximum absolute atomic E-state index is 12.4. The van der Waals surface area contributed by atoms with Crippen LogP contribution in [0.2, 0.25) is 10.0 Å². The Bertz CT molecular complexity index is 442. The monoisotopic (exact) mass is 320 g/mol. The summed E-state index contributed by atoms with van der Waals surface area (Å²) in [5, 5.41) is -0.547. The normalized spacial score (nSPS) is 11.2. The molecule has 9 heteroatoms. The van der Waals surface area contributed by atoms with Gasteiger partial charge in [0.05, 0.1) is 21.3 Å². The molecule has 1 rings (SSSR count). The van der Waals surface area contributed by atoms with Gasteiger partial charge in [-0.3, -0.25) is 15.6 Å². The summed E-state index contributed by atoms with van der Waals surface area (Å²) >= 11 is 16.5. The van der Waals surface area contributed by atoms with E-state index in [-0.39, 0.29) is 21.6 Å². The molecule has 0 heterocycles. The Morgan fingerprint density at radius 1 is 1.22 bits per heavy atom. The molecule has 3 nitrogen and oxygen atoms in total. The third kappa shape index (κ3) is 3.83. The number of carbonyl (C=O) groups is 1. The molecule has 0 atom stereocenters. The number of nitrogens with one attached hydrogen (secondary N) is 2. The van der Waals surface area contributed by atoms with Gasteiger partial charge >= 0.3 is 6.18 Å². The molecular weight excluding hydrogens is 315 g/mol. The van der Waals surface area contributed by atoms with Gasteiger partial charge in [0.25, 0.3) is 5.91 Å². The van der Waals surface area contributed by atoms with Crippen LogP contribution in [0, 0.1) is 0 Å². The average Bonchev–Trinajstić information content (AvgIpc) is 2.26. The third-order valence-electron chi connectivity index (χ3n) is 1.82. The van der Waals surface area contributed by atoms with Crippen molar-refractivity contribution in [3.05, 3.63) is 27.7 Å². The summed E-state index contributed by atoms with van der Waals surface area (Å²) in [7, 11) is 0. The third-order valence-corrected chi connectivity index (χ3v) is 2.66. The minimum absolute atomic E-state index is 0.0372. The number of carbonyl (C=O) groups excluding carboxylic acids is 1. The zero-order chi connectivity index (χ0) is 13.9. The lowest BCUT2D eigenvalue weighted by Crippen LogP contribution is -2.30. The maximum atomic E-state index is 12.4. The van der Waals surface area contributed by atoms with Crippen LogP contribution >= 0.6 is 34.8 Å². The zero-order valence-electron chi connectivity index (χ0n) is 8.54. The molecule has 0 unspecified atom stereocenters. The van der Waals surface area contributed by atoms with Gasteiger partial charge in [-0.05, 0) is 12.1 Å². The first kappa shape index (κ1) is 15.2. The van der Waals surface area contributed by atoms with E-state index in [0.717, 1.165) is 0 Å². The lowest BCUT2D eigenvalue weighted by Gasteiger charge is -2.14. The Labute approximate surface area is 115 Å². The highest BCUT2D eigenvalue weighted by Gasteiger charge is 2.32. The number of benzene rings is 1. The predicted octanol–water partition coefficient (Wildman–Crippen LogP) is 3.69. The van der Waals surface area contributed by atoms with E-state index >= 15 is 0 Å². The first-order valence-corrected chi connectivity index (χ1v) is 5.72. The number of rotatable bonds is 3. The Morgan fingerprint density at radius 3 is 2.11 bits per heavy atom. The number of anilines is 1. The summed E-state index contributed by atoms with van der Waals surface area (Å²) in [6, 6.07) is 1.39. The van der Waals surface area contributed by atoms with Crippen LogP contribution in [-0.4, -0.2) is 11.8 Å². The Morgan fingerprint density at radius 2 is 1.72 bits per heavy atom. The van der Waals surface area contributed by atoms with Gasteiger partial charge in [0.2, 0.25) is 0 Å². The quantitative estimate of drug-likeness (QED) is 0.658. The van der Waals surface area contributed by atoms with E-state index < -0.39 is 17.6 Å². The second-order valence-corrected chi connectivity index (χ2v) is 4.20. The van der Waals surface area contributed by atoms with E-state index in [0.29, 0.717) is 12.1 Å². The number of alkyl halides is 4. The largest absolute Gasteiger partial charge is 0.416 e. The standard InChI is InChI=1S/C9H6Cl3F3N2O/c10-3-7(18)16-17-8-5(11)1-4(2-6(8)12)9(13,14)15/h1-2,17H,3H2,(H,16,18). The van der Waals surface area contributed by atoms with Gasteiger partial charge in [0.1, 0.15) is 5.88 Å². The van der Waals surface area contributed by atoms with Crippen LogP contribution in [-0.2, 0) is 11.0 Å². The Kier molecular flexibility index (Phi) is 4.95. The summed E-state index contributed by atoms with van der Waals surface area (Å²) in [5.74, 6) is -0.897. The van der Waals surface area contributed by atoms with E-state index in [1.165, 1.54) is 0 Å². The smallest absolute Gasteiger partial charge is 0.296 e. The lowest BCUT2D eigenvalue weighted by molar-refractivity contribution is -0.137. The van der Waals surface area contributed by atoms with E-state index in [1.54, 1.807) is 0 Å². The van der Waals surface area contributed by atoms with Gasteiger partial charge in [-0.15, -0.1) is 11.6 Å². The van der Waals surface area contributed by atoms with Crippen LogP contribution in [0.5, 0.6) is 0 Å².